The van der Waals surface area contributed by atoms with E-state index in [0.717, 1.165) is 0 Å². The third-order valence-electron chi connectivity index (χ3n) is 5.91. The highest BCUT2D eigenvalue weighted by Gasteiger charge is 2.44. The summed E-state index contributed by atoms with van der Waals surface area (Å²) < 4.78 is 0. The lowest BCUT2D eigenvalue weighted by molar-refractivity contribution is -0.147. The van der Waals surface area contributed by atoms with E-state index >= 15 is 0 Å². The van der Waals surface area contributed by atoms with Gasteiger partial charge in [0.05, 0.1) is 24.7 Å². The molecule has 34 heavy (non-hydrogen) atoms. The minimum atomic E-state index is -1.45. The highest BCUT2D eigenvalue weighted by Crippen LogP contribution is 2.48. The summed E-state index contributed by atoms with van der Waals surface area (Å²) in [7, 11) is 0. The van der Waals surface area contributed by atoms with E-state index in [4.69, 9.17) is 0 Å². The molecule has 2 rings (SSSR count). The molecule has 0 saturated carbocycles. The van der Waals surface area contributed by atoms with Crippen LogP contribution >= 0.6 is 0 Å². The zero-order valence-corrected chi connectivity index (χ0v) is 19.6. The first kappa shape index (κ1) is 26.6. The van der Waals surface area contributed by atoms with Gasteiger partial charge in [-0.15, -0.1) is 0 Å². The molecule has 1 heterocycles. The van der Waals surface area contributed by atoms with E-state index in [1.54, 1.807) is 30.3 Å². The largest absolute Gasteiger partial charge is 0.481 e. The molecule has 1 aromatic carbocycles. The van der Waals surface area contributed by atoms with Crippen LogP contribution < -0.4 is 5.32 Å². The van der Waals surface area contributed by atoms with Crippen LogP contribution in [-0.2, 0) is 19.2 Å². The Morgan fingerprint density at radius 2 is 1.12 bits per heavy atom. The first-order valence-corrected chi connectivity index (χ1v) is 11.1. The van der Waals surface area contributed by atoms with Crippen molar-refractivity contribution in [2.45, 2.75) is 46.5 Å². The smallest absolute Gasteiger partial charge is 0.311 e. The van der Waals surface area contributed by atoms with Crippen molar-refractivity contribution in [3.8, 4) is 0 Å². The SMILES string of the molecule is CC(C)C1=C(C(CC(=O)O)C(=O)O)C(c2ccccc2)C(C(CC(=O)O)C(=O)O)=C(C(C)C)N1. The first-order chi connectivity index (χ1) is 15.9. The van der Waals surface area contributed by atoms with Crippen molar-refractivity contribution in [2.24, 2.45) is 23.7 Å². The van der Waals surface area contributed by atoms with Gasteiger partial charge in [0.25, 0.3) is 0 Å². The predicted molar refractivity (Wildman–Crippen MR) is 123 cm³/mol. The highest BCUT2D eigenvalue weighted by atomic mass is 16.4. The number of hydrogen-bond donors (Lipinski definition) is 5. The van der Waals surface area contributed by atoms with Crippen molar-refractivity contribution >= 4 is 23.9 Å². The quantitative estimate of drug-likeness (QED) is 0.324. The molecular formula is C25H31NO8. The molecule has 1 aliphatic heterocycles. The lowest BCUT2D eigenvalue weighted by Gasteiger charge is -2.41. The molecule has 1 aliphatic rings. The van der Waals surface area contributed by atoms with Gasteiger partial charge in [-0.1, -0.05) is 58.0 Å². The van der Waals surface area contributed by atoms with Crippen LogP contribution in [0.3, 0.4) is 0 Å². The Hall–Kier alpha value is -3.62. The second-order valence-corrected chi connectivity index (χ2v) is 8.99. The van der Waals surface area contributed by atoms with E-state index in [-0.39, 0.29) is 23.0 Å². The molecule has 0 fully saturated rings. The predicted octanol–water partition coefficient (Wildman–Crippen LogP) is 3.54. The maximum atomic E-state index is 12.3. The van der Waals surface area contributed by atoms with Gasteiger partial charge in [-0.3, -0.25) is 19.2 Å². The number of allylic oxidation sites excluding steroid dienone is 2. The topological polar surface area (TPSA) is 161 Å². The molecule has 5 N–H and O–H groups in total. The molecule has 0 aromatic heterocycles. The maximum Gasteiger partial charge on any atom is 0.311 e. The number of hydrogen-bond acceptors (Lipinski definition) is 5. The average Bonchev–Trinajstić information content (AvgIpc) is 2.74. The maximum absolute atomic E-state index is 12.3. The van der Waals surface area contributed by atoms with Crippen molar-refractivity contribution in [3.05, 3.63) is 58.4 Å². The van der Waals surface area contributed by atoms with Crippen LogP contribution in [0.1, 0.15) is 52.0 Å². The van der Waals surface area contributed by atoms with Gasteiger partial charge in [-0.2, -0.15) is 0 Å². The Bertz CT molecular complexity index is 961. The lowest BCUT2D eigenvalue weighted by Crippen LogP contribution is -2.39. The summed E-state index contributed by atoms with van der Waals surface area (Å²) in [4.78, 5) is 47.9. The van der Waals surface area contributed by atoms with Crippen molar-refractivity contribution in [2.75, 3.05) is 0 Å². The molecule has 0 saturated heterocycles. The van der Waals surface area contributed by atoms with E-state index < -0.39 is 54.5 Å². The van der Waals surface area contributed by atoms with Crippen LogP contribution in [-0.4, -0.2) is 44.3 Å². The summed E-state index contributed by atoms with van der Waals surface area (Å²) in [6.45, 7) is 7.33. The van der Waals surface area contributed by atoms with Gasteiger partial charge < -0.3 is 25.7 Å². The molecule has 9 nitrogen and oxygen atoms in total. The van der Waals surface area contributed by atoms with Crippen LogP contribution in [0.5, 0.6) is 0 Å². The van der Waals surface area contributed by atoms with Gasteiger partial charge in [-0.25, -0.2) is 0 Å². The molecule has 2 unspecified atom stereocenters. The van der Waals surface area contributed by atoms with Gasteiger partial charge >= 0.3 is 23.9 Å². The molecule has 1 aromatic rings. The second kappa shape index (κ2) is 11.0. The third-order valence-corrected chi connectivity index (χ3v) is 5.91. The number of rotatable bonds is 11. The van der Waals surface area contributed by atoms with Crippen LogP contribution in [0.15, 0.2) is 52.9 Å². The summed E-state index contributed by atoms with van der Waals surface area (Å²) in [6.07, 6.45) is -1.40. The average molecular weight is 474 g/mol. The zero-order chi connectivity index (χ0) is 25.7. The van der Waals surface area contributed by atoms with Gasteiger partial charge in [0.1, 0.15) is 0 Å². The second-order valence-electron chi connectivity index (χ2n) is 8.99. The fraction of sp³-hybridized carbons (Fsp3) is 0.440. The minimum absolute atomic E-state index is 0.241. The van der Waals surface area contributed by atoms with Gasteiger partial charge in [0.15, 0.2) is 0 Å². The summed E-state index contributed by atoms with van der Waals surface area (Å²) >= 11 is 0. The molecule has 0 aliphatic carbocycles. The van der Waals surface area contributed by atoms with Crippen LogP contribution in [0.2, 0.25) is 0 Å². The van der Waals surface area contributed by atoms with E-state index in [2.05, 4.69) is 5.32 Å². The number of carboxylic acids is 4. The molecular weight excluding hydrogens is 442 g/mol. The summed E-state index contributed by atoms with van der Waals surface area (Å²) in [5, 5.41) is 42.3. The number of benzene rings is 1. The third kappa shape index (κ3) is 5.84. The van der Waals surface area contributed by atoms with Crippen molar-refractivity contribution < 1.29 is 39.6 Å². The van der Waals surface area contributed by atoms with Crippen LogP contribution in [0, 0.1) is 23.7 Å². The summed E-state index contributed by atoms with van der Waals surface area (Å²) in [5.74, 6) is -9.62. The Labute approximate surface area is 197 Å². The number of dihydropyridines is 1. The van der Waals surface area contributed by atoms with Gasteiger partial charge in [0, 0.05) is 17.3 Å². The Morgan fingerprint density at radius 3 is 1.41 bits per heavy atom. The number of carboxylic acid groups (broad SMARTS) is 4. The van der Waals surface area contributed by atoms with Crippen LogP contribution in [0.25, 0.3) is 0 Å². The molecule has 0 radical (unpaired) electrons. The lowest BCUT2D eigenvalue weighted by atomic mass is 9.68. The van der Waals surface area contributed by atoms with Crippen molar-refractivity contribution in [1.82, 2.24) is 5.32 Å². The van der Waals surface area contributed by atoms with Gasteiger partial charge in [-0.05, 0) is 28.5 Å². The Morgan fingerprint density at radius 1 is 0.735 bits per heavy atom. The zero-order valence-electron chi connectivity index (χ0n) is 19.6. The van der Waals surface area contributed by atoms with E-state index in [1.807, 2.05) is 27.7 Å². The number of nitrogens with one attached hydrogen (secondary N) is 1. The van der Waals surface area contributed by atoms with E-state index in [0.29, 0.717) is 17.0 Å². The number of aliphatic carboxylic acids is 4. The van der Waals surface area contributed by atoms with E-state index in [1.165, 1.54) is 0 Å². The van der Waals surface area contributed by atoms with Crippen molar-refractivity contribution in [1.29, 1.82) is 0 Å². The molecule has 2 atom stereocenters. The molecule has 0 amide bonds. The monoisotopic (exact) mass is 473 g/mol. The van der Waals surface area contributed by atoms with Crippen molar-refractivity contribution in [3.63, 3.8) is 0 Å². The Balaban J connectivity index is 2.99. The fourth-order valence-corrected chi connectivity index (χ4v) is 4.52. The molecule has 0 bridgehead atoms. The number of carbonyl (C=O) groups is 4. The Kier molecular flexibility index (Phi) is 8.62. The molecule has 9 heteroatoms. The normalized spacial score (nSPS) is 18.0. The summed E-state index contributed by atoms with van der Waals surface area (Å²) in [5.41, 5.74) is 2.07. The van der Waals surface area contributed by atoms with Crippen LogP contribution in [0.4, 0.5) is 0 Å². The van der Waals surface area contributed by atoms with Gasteiger partial charge in [0.2, 0.25) is 0 Å². The summed E-state index contributed by atoms with van der Waals surface area (Å²) in [6, 6.07) is 8.62. The van der Waals surface area contributed by atoms with E-state index in [9.17, 15) is 39.6 Å². The molecule has 0 spiro atoms. The molecule has 184 valence electrons. The first-order valence-electron chi connectivity index (χ1n) is 11.1. The highest BCUT2D eigenvalue weighted by molar-refractivity contribution is 5.84. The fourth-order valence-electron chi connectivity index (χ4n) is 4.52. The standard InChI is InChI=1S/C25H31NO8/c1-12(2)22-20(15(24(31)32)10-17(27)28)19(14-8-6-5-7-9-14)21(23(26-22)13(3)4)16(25(33)34)11-18(29)30/h5-9,12-13,15-16,19,26H,10-11H2,1-4H3,(H,27,28)(H,29,30)(H,31,32)(H,33,34). The minimum Gasteiger partial charge on any atom is -0.481 e.